The second-order valence-electron chi connectivity index (χ2n) is 3.54. The quantitative estimate of drug-likeness (QED) is 0.736. The first-order valence-corrected chi connectivity index (χ1v) is 5.81. The number of hydrogen-bond donors (Lipinski definition) is 1. The molecule has 1 N–H and O–H groups in total. The van der Waals surface area contributed by atoms with Gasteiger partial charge in [0.05, 0.1) is 0 Å². The Labute approximate surface area is 84.2 Å². The van der Waals surface area contributed by atoms with Gasteiger partial charge in [-0.3, -0.25) is 0 Å². The predicted octanol–water partition coefficient (Wildman–Crippen LogP) is 1.54. The summed E-state index contributed by atoms with van der Waals surface area (Å²) in [5.74, 6) is 1.06. The van der Waals surface area contributed by atoms with Gasteiger partial charge in [-0.25, -0.2) is 4.79 Å². The van der Waals surface area contributed by atoms with Crippen molar-refractivity contribution in [2.75, 3.05) is 19.3 Å². The lowest BCUT2D eigenvalue weighted by atomic mass is 10.2. The monoisotopic (exact) mass is 202 g/mol. The molecule has 0 bridgehead atoms. The molecule has 4 heteroatoms. The molecule has 0 aliphatic carbocycles. The molecule has 1 aliphatic rings. The van der Waals surface area contributed by atoms with Crippen molar-refractivity contribution >= 4 is 17.8 Å². The third kappa shape index (κ3) is 3.10. The van der Waals surface area contributed by atoms with Crippen LogP contribution in [0, 0.1) is 0 Å². The van der Waals surface area contributed by atoms with Gasteiger partial charge in [-0.1, -0.05) is 6.92 Å². The molecule has 2 unspecified atom stereocenters. The van der Waals surface area contributed by atoms with Crippen molar-refractivity contribution in [3.63, 3.8) is 0 Å². The molecule has 1 heterocycles. The van der Waals surface area contributed by atoms with Gasteiger partial charge in [-0.2, -0.15) is 11.8 Å². The van der Waals surface area contributed by atoms with Crippen molar-refractivity contribution in [3.8, 4) is 0 Å². The number of carbonyl (C=O) groups is 1. The lowest BCUT2D eigenvalue weighted by Gasteiger charge is -2.18. The van der Waals surface area contributed by atoms with Crippen molar-refractivity contribution in [2.24, 2.45) is 0 Å². The Hall–Kier alpha value is -0.380. The fraction of sp³-hybridized carbons (Fsp3) is 0.889. The first kappa shape index (κ1) is 10.7. The summed E-state index contributed by atoms with van der Waals surface area (Å²) in [7, 11) is 1.82. The van der Waals surface area contributed by atoms with Gasteiger partial charge in [0.25, 0.3) is 0 Å². The zero-order valence-electron chi connectivity index (χ0n) is 8.54. The van der Waals surface area contributed by atoms with E-state index in [0.717, 1.165) is 18.7 Å². The number of nitrogens with one attached hydrogen (secondary N) is 1. The first-order chi connectivity index (χ1) is 6.13. The van der Waals surface area contributed by atoms with Crippen LogP contribution in [0.25, 0.3) is 0 Å². The maximum atomic E-state index is 11.4. The molecule has 2 amide bonds. The number of urea groups is 1. The zero-order chi connectivity index (χ0) is 9.84. The van der Waals surface area contributed by atoms with Gasteiger partial charge in [-0.15, -0.1) is 0 Å². The topological polar surface area (TPSA) is 32.3 Å². The van der Waals surface area contributed by atoms with E-state index in [1.54, 1.807) is 4.90 Å². The van der Waals surface area contributed by atoms with E-state index < -0.39 is 0 Å². The molecule has 0 aromatic carbocycles. The normalized spacial score (nSPS) is 27.3. The van der Waals surface area contributed by atoms with Crippen LogP contribution in [0.4, 0.5) is 4.79 Å². The van der Waals surface area contributed by atoms with Crippen molar-refractivity contribution in [1.82, 2.24) is 10.2 Å². The zero-order valence-corrected chi connectivity index (χ0v) is 9.36. The standard InChI is InChI=1S/C9H18N2OS/c1-4-11(3)9(12)10-8-5-7(2)13-6-8/h7-8H,4-6H2,1-3H3,(H,10,12). The van der Waals surface area contributed by atoms with E-state index in [2.05, 4.69) is 12.2 Å². The molecule has 0 aromatic heterocycles. The van der Waals surface area contributed by atoms with Crippen LogP contribution in [0.15, 0.2) is 0 Å². The molecule has 0 aromatic rings. The van der Waals surface area contributed by atoms with Crippen molar-refractivity contribution in [2.45, 2.75) is 31.6 Å². The Bertz CT molecular complexity index is 186. The molecular formula is C9H18N2OS. The molecule has 1 saturated heterocycles. The highest BCUT2D eigenvalue weighted by Gasteiger charge is 2.23. The summed E-state index contributed by atoms with van der Waals surface area (Å²) >= 11 is 1.93. The number of thioether (sulfide) groups is 1. The highest BCUT2D eigenvalue weighted by molar-refractivity contribution is 8.00. The van der Waals surface area contributed by atoms with Crippen molar-refractivity contribution in [1.29, 1.82) is 0 Å². The fourth-order valence-electron chi connectivity index (χ4n) is 1.35. The average molecular weight is 202 g/mol. The summed E-state index contributed by atoms with van der Waals surface area (Å²) in [6, 6.07) is 0.434. The van der Waals surface area contributed by atoms with Crippen LogP contribution in [0.2, 0.25) is 0 Å². The van der Waals surface area contributed by atoms with Gasteiger partial charge in [0.1, 0.15) is 0 Å². The van der Waals surface area contributed by atoms with E-state index in [0.29, 0.717) is 11.3 Å². The maximum absolute atomic E-state index is 11.4. The lowest BCUT2D eigenvalue weighted by Crippen LogP contribution is -2.43. The van der Waals surface area contributed by atoms with Crippen LogP contribution < -0.4 is 5.32 Å². The summed E-state index contributed by atoms with van der Waals surface area (Å²) in [4.78, 5) is 13.1. The summed E-state index contributed by atoms with van der Waals surface area (Å²) < 4.78 is 0. The summed E-state index contributed by atoms with van der Waals surface area (Å²) in [6.45, 7) is 4.95. The molecule has 2 atom stereocenters. The van der Waals surface area contributed by atoms with Crippen LogP contribution in [0.3, 0.4) is 0 Å². The average Bonchev–Trinajstić information content (AvgIpc) is 2.49. The minimum atomic E-state index is 0.0576. The van der Waals surface area contributed by atoms with Crippen LogP contribution >= 0.6 is 11.8 Å². The molecular weight excluding hydrogens is 184 g/mol. The van der Waals surface area contributed by atoms with Crippen LogP contribution in [-0.4, -0.2) is 41.6 Å². The Morgan fingerprint density at radius 1 is 1.69 bits per heavy atom. The van der Waals surface area contributed by atoms with E-state index >= 15 is 0 Å². The Morgan fingerprint density at radius 2 is 2.38 bits per heavy atom. The third-order valence-electron chi connectivity index (χ3n) is 2.35. The van der Waals surface area contributed by atoms with Gasteiger partial charge >= 0.3 is 6.03 Å². The first-order valence-electron chi connectivity index (χ1n) is 4.76. The highest BCUT2D eigenvalue weighted by Crippen LogP contribution is 2.25. The van der Waals surface area contributed by atoms with Gasteiger partial charge in [-0.05, 0) is 13.3 Å². The van der Waals surface area contributed by atoms with Crippen molar-refractivity contribution < 1.29 is 4.79 Å². The Morgan fingerprint density at radius 3 is 2.85 bits per heavy atom. The third-order valence-corrected chi connectivity index (χ3v) is 3.70. The van der Waals surface area contributed by atoms with Crippen molar-refractivity contribution in [3.05, 3.63) is 0 Å². The lowest BCUT2D eigenvalue weighted by molar-refractivity contribution is 0.207. The van der Waals surface area contributed by atoms with E-state index in [-0.39, 0.29) is 6.03 Å². The molecule has 0 spiro atoms. The molecule has 13 heavy (non-hydrogen) atoms. The molecule has 3 nitrogen and oxygen atoms in total. The van der Waals surface area contributed by atoms with E-state index in [4.69, 9.17) is 0 Å². The summed E-state index contributed by atoms with van der Waals surface area (Å²) in [5.41, 5.74) is 0. The molecule has 1 fully saturated rings. The smallest absolute Gasteiger partial charge is 0.317 e. The number of carbonyl (C=O) groups excluding carboxylic acids is 1. The summed E-state index contributed by atoms with van der Waals surface area (Å²) in [6.07, 6.45) is 1.11. The van der Waals surface area contributed by atoms with E-state index in [9.17, 15) is 4.79 Å². The highest BCUT2D eigenvalue weighted by atomic mass is 32.2. The second-order valence-corrected chi connectivity index (χ2v) is 5.01. The molecule has 76 valence electrons. The minimum Gasteiger partial charge on any atom is -0.334 e. The van der Waals surface area contributed by atoms with Crippen LogP contribution in [0.5, 0.6) is 0 Å². The predicted molar refractivity (Wildman–Crippen MR) is 57.2 cm³/mol. The second kappa shape index (κ2) is 4.74. The molecule has 0 saturated carbocycles. The fourth-order valence-corrected chi connectivity index (χ4v) is 2.49. The molecule has 0 radical (unpaired) electrons. The van der Waals surface area contributed by atoms with Gasteiger partial charge in [0, 0.05) is 30.6 Å². The Balaban J connectivity index is 2.28. The van der Waals surface area contributed by atoms with Gasteiger partial charge < -0.3 is 10.2 Å². The minimum absolute atomic E-state index is 0.0576. The number of amides is 2. The maximum Gasteiger partial charge on any atom is 0.317 e. The number of nitrogens with zero attached hydrogens (tertiary/aromatic N) is 1. The Kier molecular flexibility index (Phi) is 3.90. The summed E-state index contributed by atoms with van der Waals surface area (Å²) in [5, 5.41) is 3.72. The number of rotatable bonds is 2. The largest absolute Gasteiger partial charge is 0.334 e. The van der Waals surface area contributed by atoms with Gasteiger partial charge in [0.2, 0.25) is 0 Å². The SMILES string of the molecule is CCN(C)C(=O)NC1CSC(C)C1. The van der Waals surface area contributed by atoms with Crippen LogP contribution in [0.1, 0.15) is 20.3 Å². The van der Waals surface area contributed by atoms with E-state index in [1.807, 2.05) is 25.7 Å². The number of hydrogen-bond acceptors (Lipinski definition) is 2. The molecule has 1 rings (SSSR count). The molecule has 1 aliphatic heterocycles. The van der Waals surface area contributed by atoms with Gasteiger partial charge in [0.15, 0.2) is 0 Å². The van der Waals surface area contributed by atoms with E-state index in [1.165, 1.54) is 0 Å². The van der Waals surface area contributed by atoms with Crippen LogP contribution in [-0.2, 0) is 0 Å².